The van der Waals surface area contributed by atoms with Gasteiger partial charge in [0.2, 0.25) is 0 Å². The van der Waals surface area contributed by atoms with Crippen molar-refractivity contribution in [3.05, 3.63) is 78.0 Å². The summed E-state index contributed by atoms with van der Waals surface area (Å²) in [6, 6.07) is 18.9. The number of aromatic nitrogens is 1. The normalized spacial score (nSPS) is 12.1. The third kappa shape index (κ3) is 3.14. The molecule has 122 valence electrons. The lowest BCUT2D eigenvalue weighted by molar-refractivity contribution is 0.0707. The van der Waals surface area contributed by atoms with Gasteiger partial charge in [-0.3, -0.25) is 9.78 Å². The second-order valence-corrected chi connectivity index (χ2v) is 5.73. The van der Waals surface area contributed by atoms with E-state index in [1.54, 1.807) is 18.1 Å². The van der Waals surface area contributed by atoms with Gasteiger partial charge in [-0.15, -0.1) is 0 Å². The molecular formula is C20H20N2O2. The Morgan fingerprint density at radius 2 is 1.88 bits per heavy atom. The molecule has 1 amide bonds. The van der Waals surface area contributed by atoms with Crippen LogP contribution in [0.3, 0.4) is 0 Å². The number of amides is 1. The number of carbonyl (C=O) groups is 1. The third-order valence-corrected chi connectivity index (χ3v) is 4.25. The van der Waals surface area contributed by atoms with Crippen LogP contribution in [0.4, 0.5) is 0 Å². The summed E-state index contributed by atoms with van der Waals surface area (Å²) in [6.45, 7) is 0.0221. The molecule has 1 unspecified atom stereocenters. The molecule has 2 aromatic carbocycles. The highest BCUT2D eigenvalue weighted by Gasteiger charge is 2.23. The van der Waals surface area contributed by atoms with Crippen LogP contribution >= 0.6 is 0 Å². The first-order valence-corrected chi connectivity index (χ1v) is 7.99. The minimum atomic E-state index is -0.171. The first-order chi connectivity index (χ1) is 11.7. The average molecular weight is 320 g/mol. The Balaban J connectivity index is 1.97. The van der Waals surface area contributed by atoms with Gasteiger partial charge in [-0.1, -0.05) is 42.5 Å². The molecule has 0 bridgehead atoms. The zero-order valence-corrected chi connectivity index (χ0v) is 13.6. The van der Waals surface area contributed by atoms with Gasteiger partial charge in [0.1, 0.15) is 0 Å². The molecule has 1 aromatic heterocycles. The lowest BCUT2D eigenvalue weighted by atomic mass is 10.0. The van der Waals surface area contributed by atoms with Crippen LogP contribution in [0.1, 0.15) is 28.4 Å². The van der Waals surface area contributed by atoms with Gasteiger partial charge in [0.25, 0.3) is 5.91 Å². The van der Waals surface area contributed by atoms with Gasteiger partial charge in [0.15, 0.2) is 0 Å². The van der Waals surface area contributed by atoms with Crippen molar-refractivity contribution in [1.82, 2.24) is 9.88 Å². The number of hydrogen-bond acceptors (Lipinski definition) is 3. The highest BCUT2D eigenvalue weighted by molar-refractivity contribution is 6.06. The van der Waals surface area contributed by atoms with E-state index in [1.165, 1.54) is 0 Å². The quantitative estimate of drug-likeness (QED) is 0.783. The van der Waals surface area contributed by atoms with Crippen LogP contribution in [0, 0.1) is 0 Å². The van der Waals surface area contributed by atoms with Crippen LogP contribution in [0.25, 0.3) is 10.9 Å². The number of pyridine rings is 1. The van der Waals surface area contributed by atoms with Crippen molar-refractivity contribution in [3.8, 4) is 0 Å². The second kappa shape index (κ2) is 7.23. The van der Waals surface area contributed by atoms with E-state index in [0.717, 1.165) is 16.5 Å². The van der Waals surface area contributed by atoms with Crippen LogP contribution in [0.2, 0.25) is 0 Å². The zero-order chi connectivity index (χ0) is 16.9. The molecule has 4 heteroatoms. The number of aliphatic hydroxyl groups is 1. The molecule has 0 aliphatic heterocycles. The molecule has 3 rings (SSSR count). The van der Waals surface area contributed by atoms with Crippen molar-refractivity contribution in [1.29, 1.82) is 0 Å². The molecule has 0 aliphatic carbocycles. The van der Waals surface area contributed by atoms with E-state index in [2.05, 4.69) is 4.98 Å². The molecule has 0 radical (unpaired) electrons. The Morgan fingerprint density at radius 3 is 2.62 bits per heavy atom. The molecule has 0 aliphatic rings. The molecule has 0 fully saturated rings. The van der Waals surface area contributed by atoms with E-state index >= 15 is 0 Å². The van der Waals surface area contributed by atoms with E-state index in [0.29, 0.717) is 12.0 Å². The van der Waals surface area contributed by atoms with Gasteiger partial charge >= 0.3 is 0 Å². The van der Waals surface area contributed by atoms with Gasteiger partial charge in [-0.25, -0.2) is 0 Å². The summed E-state index contributed by atoms with van der Waals surface area (Å²) in [5.74, 6) is -0.0732. The summed E-state index contributed by atoms with van der Waals surface area (Å²) in [6.07, 6.45) is 2.22. The number of fused-ring (bicyclic) bond motifs is 1. The van der Waals surface area contributed by atoms with Crippen molar-refractivity contribution in [2.45, 2.75) is 12.5 Å². The minimum absolute atomic E-state index is 0.0221. The monoisotopic (exact) mass is 320 g/mol. The van der Waals surface area contributed by atoms with Gasteiger partial charge in [0.05, 0.1) is 11.6 Å². The van der Waals surface area contributed by atoms with Crippen molar-refractivity contribution >= 4 is 16.8 Å². The van der Waals surface area contributed by atoms with Gasteiger partial charge in [-0.05, 0) is 30.2 Å². The van der Waals surface area contributed by atoms with Crippen LogP contribution in [0.15, 0.2) is 66.9 Å². The predicted octanol–water partition coefficient (Wildman–Crippen LogP) is 3.43. The average Bonchev–Trinajstić information content (AvgIpc) is 2.65. The second-order valence-electron chi connectivity index (χ2n) is 5.73. The molecule has 1 N–H and O–H groups in total. The Hall–Kier alpha value is -2.72. The summed E-state index contributed by atoms with van der Waals surface area (Å²) in [4.78, 5) is 19.1. The van der Waals surface area contributed by atoms with Gasteiger partial charge < -0.3 is 10.0 Å². The fraction of sp³-hybridized carbons (Fsp3) is 0.200. The molecule has 1 heterocycles. The van der Waals surface area contributed by atoms with E-state index in [-0.39, 0.29) is 18.6 Å². The summed E-state index contributed by atoms with van der Waals surface area (Å²) in [5.41, 5.74) is 2.44. The van der Waals surface area contributed by atoms with Crippen molar-refractivity contribution < 1.29 is 9.90 Å². The highest BCUT2D eigenvalue weighted by atomic mass is 16.3. The fourth-order valence-electron chi connectivity index (χ4n) is 3.00. The van der Waals surface area contributed by atoms with Crippen molar-refractivity contribution in [2.75, 3.05) is 13.7 Å². The molecule has 0 saturated heterocycles. The Labute approximate surface area is 141 Å². The fourth-order valence-corrected chi connectivity index (χ4v) is 3.00. The molecular weight excluding hydrogens is 300 g/mol. The van der Waals surface area contributed by atoms with Crippen molar-refractivity contribution in [3.63, 3.8) is 0 Å². The maximum atomic E-state index is 13.1. The maximum absolute atomic E-state index is 13.1. The van der Waals surface area contributed by atoms with Gasteiger partial charge in [0, 0.05) is 30.8 Å². The first kappa shape index (κ1) is 16.1. The number of benzene rings is 2. The first-order valence-electron chi connectivity index (χ1n) is 7.99. The van der Waals surface area contributed by atoms with Crippen LogP contribution in [-0.2, 0) is 0 Å². The summed E-state index contributed by atoms with van der Waals surface area (Å²) in [5, 5.41) is 10.3. The SMILES string of the molecule is CN(C(=O)c1cccc2ncccc12)C(CCO)c1ccccc1. The number of rotatable bonds is 5. The standard InChI is InChI=1S/C20H20N2O2/c1-22(19(12-14-23)15-7-3-2-4-8-15)20(24)17-9-5-11-18-16(17)10-6-13-21-18/h2-11,13,19,23H,12,14H2,1H3. The number of hydrogen-bond donors (Lipinski definition) is 1. The van der Waals surface area contributed by atoms with Crippen LogP contribution in [-0.4, -0.2) is 34.6 Å². The Bertz CT molecular complexity index is 828. The predicted molar refractivity (Wildman–Crippen MR) is 94.7 cm³/mol. The van der Waals surface area contributed by atoms with E-state index in [4.69, 9.17) is 0 Å². The lowest BCUT2D eigenvalue weighted by Crippen LogP contribution is -2.32. The molecule has 4 nitrogen and oxygen atoms in total. The van der Waals surface area contributed by atoms with E-state index in [9.17, 15) is 9.90 Å². The third-order valence-electron chi connectivity index (χ3n) is 4.25. The number of aliphatic hydroxyl groups excluding tert-OH is 1. The number of carbonyl (C=O) groups excluding carboxylic acids is 1. The van der Waals surface area contributed by atoms with E-state index < -0.39 is 0 Å². The smallest absolute Gasteiger partial charge is 0.254 e. The lowest BCUT2D eigenvalue weighted by Gasteiger charge is -2.28. The van der Waals surface area contributed by atoms with Crippen molar-refractivity contribution in [2.24, 2.45) is 0 Å². The molecule has 0 saturated carbocycles. The highest BCUT2D eigenvalue weighted by Crippen LogP contribution is 2.26. The summed E-state index contributed by atoms with van der Waals surface area (Å²) < 4.78 is 0. The molecule has 1 atom stereocenters. The maximum Gasteiger partial charge on any atom is 0.254 e. The zero-order valence-electron chi connectivity index (χ0n) is 13.6. The summed E-state index contributed by atoms with van der Waals surface area (Å²) >= 11 is 0. The topological polar surface area (TPSA) is 53.4 Å². The number of nitrogens with zero attached hydrogens (tertiary/aromatic N) is 2. The van der Waals surface area contributed by atoms with Crippen LogP contribution < -0.4 is 0 Å². The molecule has 3 aromatic rings. The Kier molecular flexibility index (Phi) is 4.87. The summed E-state index contributed by atoms with van der Waals surface area (Å²) in [7, 11) is 1.78. The molecule has 0 spiro atoms. The largest absolute Gasteiger partial charge is 0.396 e. The minimum Gasteiger partial charge on any atom is -0.396 e. The van der Waals surface area contributed by atoms with E-state index in [1.807, 2.05) is 60.7 Å². The van der Waals surface area contributed by atoms with Crippen LogP contribution in [0.5, 0.6) is 0 Å². The Morgan fingerprint density at radius 1 is 1.08 bits per heavy atom. The van der Waals surface area contributed by atoms with Gasteiger partial charge in [-0.2, -0.15) is 0 Å². The molecule has 24 heavy (non-hydrogen) atoms.